The number of carbonyl (C=O) groups excluding carboxylic acids is 2. The highest BCUT2D eigenvalue weighted by Crippen LogP contribution is 2.32. The van der Waals surface area contributed by atoms with Crippen LogP contribution in [0.2, 0.25) is 0 Å². The lowest BCUT2D eigenvalue weighted by Crippen LogP contribution is -2.44. The summed E-state index contributed by atoms with van der Waals surface area (Å²) >= 11 is 0. The molecule has 0 aliphatic carbocycles. The molecule has 2 heterocycles. The number of aromatic nitrogens is 1. The third kappa shape index (κ3) is 5.54. The maximum atomic E-state index is 13.9. The molecule has 4 rings (SSSR count). The van der Waals surface area contributed by atoms with Crippen molar-refractivity contribution in [1.29, 1.82) is 0 Å². The molecule has 2 amide bonds. The Kier molecular flexibility index (Phi) is 7.34. The van der Waals surface area contributed by atoms with Gasteiger partial charge in [0.25, 0.3) is 5.91 Å². The van der Waals surface area contributed by atoms with Gasteiger partial charge in [0, 0.05) is 23.6 Å². The number of benzene rings is 2. The molecule has 0 saturated heterocycles. The predicted octanol–water partition coefficient (Wildman–Crippen LogP) is 6.24. The molecular formula is C30H31N3O3. The smallest absolute Gasteiger partial charge is 0.294 e. The second kappa shape index (κ2) is 10.6. The molecule has 6 heteroatoms. The normalized spacial score (nSPS) is 13.0. The quantitative estimate of drug-likeness (QED) is 0.339. The Hall–Kier alpha value is -4.19. The standard InChI is InChI=1S/C30H31N3O3/c1-21(22-10-6-5-7-11-22)32-28(34)27(23-12-8-18-31-20-23)33(29(35)26-13-9-19-36-26)25-16-14-24(15-17-25)30(2,3)4/h5-21,27H,1-4H3,(H,32,34)/t21-,27+/m0/s1. The van der Waals surface area contributed by atoms with Crippen molar-refractivity contribution in [2.75, 3.05) is 4.90 Å². The van der Waals surface area contributed by atoms with Crippen molar-refractivity contribution >= 4 is 17.5 Å². The molecule has 0 aliphatic rings. The van der Waals surface area contributed by atoms with Crippen LogP contribution in [0.15, 0.2) is 102 Å². The number of carbonyl (C=O) groups is 2. The van der Waals surface area contributed by atoms with E-state index in [1.165, 1.54) is 11.2 Å². The minimum absolute atomic E-state index is 0.0559. The predicted molar refractivity (Wildman–Crippen MR) is 141 cm³/mol. The molecule has 0 unspecified atom stereocenters. The van der Waals surface area contributed by atoms with Gasteiger partial charge in [-0.15, -0.1) is 0 Å². The van der Waals surface area contributed by atoms with E-state index >= 15 is 0 Å². The van der Waals surface area contributed by atoms with Gasteiger partial charge in [0.15, 0.2) is 5.76 Å². The second-order valence-electron chi connectivity index (χ2n) is 9.78. The fraction of sp³-hybridized carbons (Fsp3) is 0.233. The zero-order valence-electron chi connectivity index (χ0n) is 21.0. The lowest BCUT2D eigenvalue weighted by atomic mass is 9.87. The minimum atomic E-state index is -0.969. The van der Waals surface area contributed by atoms with Gasteiger partial charge in [0.05, 0.1) is 12.3 Å². The van der Waals surface area contributed by atoms with Crippen LogP contribution in [0, 0.1) is 0 Å². The van der Waals surface area contributed by atoms with Gasteiger partial charge >= 0.3 is 0 Å². The molecule has 0 radical (unpaired) electrons. The van der Waals surface area contributed by atoms with Crippen LogP contribution in [0.25, 0.3) is 0 Å². The zero-order chi connectivity index (χ0) is 25.7. The van der Waals surface area contributed by atoms with Gasteiger partial charge in [0.1, 0.15) is 6.04 Å². The van der Waals surface area contributed by atoms with Crippen molar-refractivity contribution in [3.63, 3.8) is 0 Å². The molecule has 6 nitrogen and oxygen atoms in total. The van der Waals surface area contributed by atoms with Crippen molar-refractivity contribution in [3.8, 4) is 0 Å². The van der Waals surface area contributed by atoms with Gasteiger partial charge in [-0.2, -0.15) is 0 Å². The number of rotatable bonds is 7. The Labute approximate surface area is 212 Å². The van der Waals surface area contributed by atoms with Gasteiger partial charge in [-0.1, -0.05) is 69.3 Å². The number of nitrogens with zero attached hydrogens (tertiary/aromatic N) is 2. The molecule has 0 bridgehead atoms. The van der Waals surface area contributed by atoms with Crippen molar-refractivity contribution < 1.29 is 14.0 Å². The number of nitrogens with one attached hydrogen (secondary N) is 1. The summed E-state index contributed by atoms with van der Waals surface area (Å²) in [5.74, 6) is -0.591. The van der Waals surface area contributed by atoms with Crippen molar-refractivity contribution in [2.45, 2.75) is 45.2 Å². The Balaban J connectivity index is 1.79. The first-order valence-electron chi connectivity index (χ1n) is 12.0. The highest BCUT2D eigenvalue weighted by Gasteiger charge is 2.35. The molecular weight excluding hydrogens is 450 g/mol. The minimum Gasteiger partial charge on any atom is -0.459 e. The number of anilines is 1. The molecule has 0 aliphatic heterocycles. The van der Waals surface area contributed by atoms with E-state index in [9.17, 15) is 9.59 Å². The summed E-state index contributed by atoms with van der Waals surface area (Å²) in [7, 11) is 0. The SMILES string of the molecule is C[C@H](NC(=O)[C@@H](c1cccnc1)N(C(=O)c1ccco1)c1ccc(C(C)(C)C)cc1)c1ccccc1. The summed E-state index contributed by atoms with van der Waals surface area (Å²) in [4.78, 5) is 33.4. The molecule has 0 fully saturated rings. The Morgan fingerprint density at radius 1 is 0.889 bits per heavy atom. The molecule has 0 saturated carbocycles. The van der Waals surface area contributed by atoms with E-state index < -0.39 is 11.9 Å². The fourth-order valence-corrected chi connectivity index (χ4v) is 4.10. The molecule has 2 atom stereocenters. The average Bonchev–Trinajstić information content (AvgIpc) is 3.42. The highest BCUT2D eigenvalue weighted by atomic mass is 16.3. The fourth-order valence-electron chi connectivity index (χ4n) is 4.10. The van der Waals surface area contributed by atoms with Crippen LogP contribution in [0.5, 0.6) is 0 Å². The Morgan fingerprint density at radius 3 is 2.17 bits per heavy atom. The van der Waals surface area contributed by atoms with Crippen molar-refractivity contribution in [3.05, 3.63) is 120 Å². The number of furan rings is 1. The summed E-state index contributed by atoms with van der Waals surface area (Å²) < 4.78 is 5.45. The average molecular weight is 482 g/mol. The summed E-state index contributed by atoms with van der Waals surface area (Å²) in [6.45, 7) is 8.31. The molecule has 4 aromatic rings. The first-order valence-corrected chi connectivity index (χ1v) is 12.0. The van der Waals surface area contributed by atoms with Crippen LogP contribution in [0.3, 0.4) is 0 Å². The lowest BCUT2D eigenvalue weighted by molar-refractivity contribution is -0.123. The monoisotopic (exact) mass is 481 g/mol. The summed E-state index contributed by atoms with van der Waals surface area (Å²) in [6.07, 6.45) is 4.70. The van der Waals surface area contributed by atoms with Crippen molar-refractivity contribution in [2.24, 2.45) is 0 Å². The van der Waals surface area contributed by atoms with Crippen LogP contribution in [0.1, 0.15) is 67.0 Å². The molecule has 184 valence electrons. The summed E-state index contributed by atoms with van der Waals surface area (Å²) in [5.41, 5.74) is 3.21. The van der Waals surface area contributed by atoms with Gasteiger partial charge in [-0.3, -0.25) is 19.5 Å². The summed E-state index contributed by atoms with van der Waals surface area (Å²) in [6, 6.07) is 23.0. The largest absolute Gasteiger partial charge is 0.459 e. The zero-order valence-corrected chi connectivity index (χ0v) is 21.0. The topological polar surface area (TPSA) is 75.4 Å². The molecule has 36 heavy (non-hydrogen) atoms. The van der Waals surface area contributed by atoms with E-state index in [0.29, 0.717) is 11.3 Å². The van der Waals surface area contributed by atoms with Gasteiger partial charge in [0.2, 0.25) is 5.91 Å². The van der Waals surface area contributed by atoms with E-state index in [-0.39, 0.29) is 23.1 Å². The van der Waals surface area contributed by atoms with Gasteiger partial charge < -0.3 is 9.73 Å². The van der Waals surface area contributed by atoms with E-state index in [0.717, 1.165) is 11.1 Å². The lowest BCUT2D eigenvalue weighted by Gasteiger charge is -2.32. The van der Waals surface area contributed by atoms with E-state index in [2.05, 4.69) is 31.1 Å². The maximum Gasteiger partial charge on any atom is 0.294 e. The number of amides is 2. The van der Waals surface area contributed by atoms with Crippen LogP contribution in [0.4, 0.5) is 5.69 Å². The Bertz CT molecular complexity index is 1280. The maximum absolute atomic E-state index is 13.9. The van der Waals surface area contributed by atoms with E-state index in [4.69, 9.17) is 4.42 Å². The van der Waals surface area contributed by atoms with E-state index in [1.807, 2.05) is 61.5 Å². The summed E-state index contributed by atoms with van der Waals surface area (Å²) in [5, 5.41) is 3.09. The molecule has 0 spiro atoms. The Morgan fingerprint density at radius 2 is 1.58 bits per heavy atom. The van der Waals surface area contributed by atoms with Crippen LogP contribution >= 0.6 is 0 Å². The third-order valence-electron chi connectivity index (χ3n) is 6.13. The van der Waals surface area contributed by atoms with Crippen LogP contribution < -0.4 is 10.2 Å². The molecule has 2 aromatic heterocycles. The van der Waals surface area contributed by atoms with Gasteiger partial charge in [-0.05, 0) is 53.8 Å². The molecule has 1 N–H and O–H groups in total. The number of hydrogen-bond donors (Lipinski definition) is 1. The first kappa shape index (κ1) is 24.9. The van der Waals surface area contributed by atoms with Crippen LogP contribution in [-0.2, 0) is 10.2 Å². The first-order chi connectivity index (χ1) is 17.3. The second-order valence-corrected chi connectivity index (χ2v) is 9.78. The molecule has 2 aromatic carbocycles. The number of hydrogen-bond acceptors (Lipinski definition) is 4. The highest BCUT2D eigenvalue weighted by molar-refractivity contribution is 6.08. The van der Waals surface area contributed by atoms with Gasteiger partial charge in [-0.25, -0.2) is 0 Å². The third-order valence-corrected chi connectivity index (χ3v) is 6.13. The van der Waals surface area contributed by atoms with Crippen LogP contribution in [-0.4, -0.2) is 16.8 Å². The van der Waals surface area contributed by atoms with Crippen molar-refractivity contribution in [1.82, 2.24) is 10.3 Å². The number of pyridine rings is 1. The van der Waals surface area contributed by atoms with E-state index in [1.54, 1.807) is 36.7 Å².